The van der Waals surface area contributed by atoms with Crippen molar-refractivity contribution in [1.82, 2.24) is 21.3 Å². The first-order valence-corrected chi connectivity index (χ1v) is 21.8. The van der Waals surface area contributed by atoms with E-state index in [4.69, 9.17) is 0 Å². The van der Waals surface area contributed by atoms with Crippen LogP contribution in [-0.2, 0) is 22.4 Å². The normalized spacial score (nSPS) is 11.9. The summed E-state index contributed by atoms with van der Waals surface area (Å²) in [5.41, 5.74) is 3.12. The maximum Gasteiger partial charge on any atom is 0.251 e. The summed E-state index contributed by atoms with van der Waals surface area (Å²) < 4.78 is 0. The van der Waals surface area contributed by atoms with E-state index in [1.165, 1.54) is 77.0 Å². The molecule has 0 fully saturated rings. The van der Waals surface area contributed by atoms with Crippen LogP contribution in [0.2, 0.25) is 0 Å². The second-order valence-electron chi connectivity index (χ2n) is 15.4. The predicted octanol–water partition coefficient (Wildman–Crippen LogP) is 9.54. The Morgan fingerprint density at radius 1 is 0.345 bits per heavy atom. The Kier molecular flexibility index (Phi) is 22.1. The lowest BCUT2D eigenvalue weighted by molar-refractivity contribution is -0.123. The highest BCUT2D eigenvalue weighted by molar-refractivity contribution is 5.98. The molecule has 0 saturated carbocycles. The SMILES string of the molecule is O=C(N[C@@H](Cc1ccccc1)C(=O)NCCCCCCCCCCCCCCCCCCNC(=O)[C@H](Cc1ccccc1)NC(=O)c1ccccc1)c1ccccc1. The van der Waals surface area contributed by atoms with Gasteiger partial charge in [-0.05, 0) is 48.2 Å². The zero-order chi connectivity index (χ0) is 40.9. The van der Waals surface area contributed by atoms with Gasteiger partial charge in [0.2, 0.25) is 11.8 Å². The zero-order valence-electron chi connectivity index (χ0n) is 34.5. The molecule has 8 heteroatoms. The number of carbonyl (C=O) groups excluding carboxylic acids is 4. The molecule has 4 aromatic rings. The van der Waals surface area contributed by atoms with E-state index in [1.807, 2.05) is 97.1 Å². The van der Waals surface area contributed by atoms with Crippen molar-refractivity contribution in [2.75, 3.05) is 13.1 Å². The molecule has 0 bridgehead atoms. The average Bonchev–Trinajstić information content (AvgIpc) is 3.26. The number of benzene rings is 4. The van der Waals surface area contributed by atoms with E-state index in [0.717, 1.165) is 36.8 Å². The van der Waals surface area contributed by atoms with Gasteiger partial charge in [0, 0.05) is 37.1 Å². The van der Waals surface area contributed by atoms with Crippen LogP contribution >= 0.6 is 0 Å². The Balaban J connectivity index is 0.943. The van der Waals surface area contributed by atoms with Gasteiger partial charge in [-0.1, -0.05) is 187 Å². The molecule has 0 aliphatic carbocycles. The highest BCUT2D eigenvalue weighted by Gasteiger charge is 2.23. The Labute approximate surface area is 347 Å². The van der Waals surface area contributed by atoms with Gasteiger partial charge in [-0.15, -0.1) is 0 Å². The summed E-state index contributed by atoms with van der Waals surface area (Å²) in [5.74, 6) is -0.746. The van der Waals surface area contributed by atoms with Gasteiger partial charge in [-0.3, -0.25) is 19.2 Å². The largest absolute Gasteiger partial charge is 0.354 e. The number of rotatable bonds is 29. The maximum absolute atomic E-state index is 13.1. The Bertz CT molecular complexity index is 1590. The third-order valence-electron chi connectivity index (χ3n) is 10.6. The van der Waals surface area contributed by atoms with Crippen LogP contribution in [-0.4, -0.2) is 48.8 Å². The summed E-state index contributed by atoms with van der Waals surface area (Å²) >= 11 is 0. The maximum atomic E-state index is 13.1. The minimum absolute atomic E-state index is 0.136. The molecular formula is C50H66N4O4. The second kappa shape index (κ2) is 28.2. The lowest BCUT2D eigenvalue weighted by Crippen LogP contribution is -2.48. The van der Waals surface area contributed by atoms with Crippen LogP contribution in [0.3, 0.4) is 0 Å². The first kappa shape index (κ1) is 45.5. The fraction of sp³-hybridized carbons (Fsp3) is 0.440. The van der Waals surface area contributed by atoms with Crippen LogP contribution < -0.4 is 21.3 Å². The number of hydrogen-bond acceptors (Lipinski definition) is 4. The van der Waals surface area contributed by atoms with Gasteiger partial charge in [0.05, 0.1) is 0 Å². The van der Waals surface area contributed by atoms with Crippen molar-refractivity contribution in [3.05, 3.63) is 144 Å². The van der Waals surface area contributed by atoms with Crippen molar-refractivity contribution in [3.63, 3.8) is 0 Å². The lowest BCUT2D eigenvalue weighted by Gasteiger charge is -2.19. The number of hydrogen-bond donors (Lipinski definition) is 4. The molecule has 310 valence electrons. The van der Waals surface area contributed by atoms with Crippen LogP contribution in [0.25, 0.3) is 0 Å². The van der Waals surface area contributed by atoms with Gasteiger partial charge in [0.25, 0.3) is 11.8 Å². The Morgan fingerprint density at radius 2 is 0.603 bits per heavy atom. The fourth-order valence-electron chi connectivity index (χ4n) is 7.17. The summed E-state index contributed by atoms with van der Waals surface area (Å²) in [6.07, 6.45) is 20.2. The quantitative estimate of drug-likeness (QED) is 0.0411. The van der Waals surface area contributed by atoms with E-state index >= 15 is 0 Å². The van der Waals surface area contributed by atoms with Crippen molar-refractivity contribution in [2.45, 2.75) is 128 Å². The van der Waals surface area contributed by atoms with Crippen LogP contribution in [0.1, 0.15) is 135 Å². The molecule has 4 amide bonds. The summed E-state index contributed by atoms with van der Waals surface area (Å²) in [5, 5.41) is 12.0. The van der Waals surface area contributed by atoms with Crippen LogP contribution in [0, 0.1) is 0 Å². The fourth-order valence-corrected chi connectivity index (χ4v) is 7.17. The number of carbonyl (C=O) groups is 4. The third-order valence-corrected chi connectivity index (χ3v) is 10.6. The van der Waals surface area contributed by atoms with E-state index in [-0.39, 0.29) is 23.6 Å². The van der Waals surface area contributed by atoms with E-state index in [0.29, 0.717) is 37.1 Å². The molecule has 0 aliphatic heterocycles. The molecule has 0 aliphatic rings. The van der Waals surface area contributed by atoms with Gasteiger partial charge in [-0.25, -0.2) is 0 Å². The number of unbranched alkanes of at least 4 members (excludes halogenated alkanes) is 15. The van der Waals surface area contributed by atoms with Crippen molar-refractivity contribution >= 4 is 23.6 Å². The predicted molar refractivity (Wildman–Crippen MR) is 236 cm³/mol. The molecule has 58 heavy (non-hydrogen) atoms. The number of amides is 4. The van der Waals surface area contributed by atoms with Gasteiger partial charge in [-0.2, -0.15) is 0 Å². The first-order chi connectivity index (χ1) is 28.5. The Hall–Kier alpha value is -5.24. The minimum Gasteiger partial charge on any atom is -0.354 e. The molecular weight excluding hydrogens is 721 g/mol. The van der Waals surface area contributed by atoms with E-state index in [1.54, 1.807) is 24.3 Å². The van der Waals surface area contributed by atoms with Gasteiger partial charge in [0.1, 0.15) is 12.1 Å². The van der Waals surface area contributed by atoms with Crippen molar-refractivity contribution in [2.24, 2.45) is 0 Å². The highest BCUT2D eigenvalue weighted by atomic mass is 16.2. The van der Waals surface area contributed by atoms with Crippen LogP contribution in [0.15, 0.2) is 121 Å². The standard InChI is InChI=1S/C50H66N4O4/c55-47(43-33-23-17-24-34-43)53-45(39-41-29-19-15-20-30-41)49(57)51-37-27-13-11-9-7-5-3-1-2-4-6-8-10-12-14-28-38-52-50(58)46(40-42-31-21-16-22-32-42)54-48(56)44-35-25-18-26-36-44/h15-26,29-36,45-46H,1-14,27-28,37-40H2,(H,51,57)(H,52,58)(H,53,55)(H,54,56)/t45-,46-/m0/s1. The van der Waals surface area contributed by atoms with Gasteiger partial charge in [0.15, 0.2) is 0 Å². The molecule has 0 unspecified atom stereocenters. The Morgan fingerprint density at radius 3 is 0.897 bits per heavy atom. The van der Waals surface area contributed by atoms with E-state index in [9.17, 15) is 19.2 Å². The molecule has 4 aromatic carbocycles. The van der Waals surface area contributed by atoms with Crippen LogP contribution in [0.5, 0.6) is 0 Å². The van der Waals surface area contributed by atoms with Crippen molar-refractivity contribution in [3.8, 4) is 0 Å². The van der Waals surface area contributed by atoms with Crippen molar-refractivity contribution < 1.29 is 19.2 Å². The smallest absolute Gasteiger partial charge is 0.251 e. The third kappa shape index (κ3) is 18.8. The molecule has 0 spiro atoms. The second-order valence-corrected chi connectivity index (χ2v) is 15.4. The first-order valence-electron chi connectivity index (χ1n) is 21.8. The molecule has 0 heterocycles. The highest BCUT2D eigenvalue weighted by Crippen LogP contribution is 2.14. The summed E-state index contributed by atoms with van der Waals surface area (Å²) in [7, 11) is 0. The van der Waals surface area contributed by atoms with E-state index in [2.05, 4.69) is 21.3 Å². The molecule has 2 atom stereocenters. The summed E-state index contributed by atoms with van der Waals surface area (Å²) in [4.78, 5) is 51.8. The zero-order valence-corrected chi connectivity index (χ0v) is 34.5. The monoisotopic (exact) mass is 787 g/mol. The molecule has 4 N–H and O–H groups in total. The van der Waals surface area contributed by atoms with Gasteiger partial charge >= 0.3 is 0 Å². The summed E-state index contributed by atoms with van der Waals surface area (Å²) in [6.45, 7) is 1.24. The minimum atomic E-state index is -0.623. The summed E-state index contributed by atoms with van der Waals surface area (Å²) in [6, 6.07) is 36.4. The van der Waals surface area contributed by atoms with Crippen molar-refractivity contribution in [1.29, 1.82) is 0 Å². The van der Waals surface area contributed by atoms with Crippen LogP contribution in [0.4, 0.5) is 0 Å². The topological polar surface area (TPSA) is 116 Å². The molecule has 0 saturated heterocycles. The lowest BCUT2D eigenvalue weighted by atomic mass is 10.0. The molecule has 0 radical (unpaired) electrons. The number of nitrogens with one attached hydrogen (secondary N) is 4. The van der Waals surface area contributed by atoms with Gasteiger partial charge < -0.3 is 21.3 Å². The molecule has 8 nitrogen and oxygen atoms in total. The molecule has 0 aromatic heterocycles. The van der Waals surface area contributed by atoms with E-state index < -0.39 is 12.1 Å². The average molecular weight is 787 g/mol. The molecule has 4 rings (SSSR count).